The molecule has 0 amide bonds. The van der Waals surface area contributed by atoms with Crippen LogP contribution in [0.3, 0.4) is 0 Å². The van der Waals surface area contributed by atoms with Crippen molar-refractivity contribution >= 4 is 71.3 Å². The van der Waals surface area contributed by atoms with Crippen LogP contribution in [-0.4, -0.2) is 0 Å². The molecule has 11 aromatic rings. The second kappa shape index (κ2) is 13.2. The standard InChI is InChI=1S/C54H35NO/c1-3-15-43-37(12-1)14-11-21-44(43)38-26-31-42(32-27-38)55(41-29-24-36(25-30-41)39-28-33-50-49-20-8-10-23-53(49)56-54(50)35-39)52-22-9-7-19-48(52)51-34-40-13-2-4-16-45(40)46-17-5-6-18-47(46)51/h1-35H. The summed E-state index contributed by atoms with van der Waals surface area (Å²) in [5.74, 6) is 0. The van der Waals surface area contributed by atoms with Gasteiger partial charge in [-0.05, 0) is 115 Å². The fourth-order valence-corrected chi connectivity index (χ4v) is 8.58. The zero-order valence-electron chi connectivity index (χ0n) is 30.6. The van der Waals surface area contributed by atoms with Crippen molar-refractivity contribution in [3.8, 4) is 33.4 Å². The molecule has 0 spiro atoms. The highest BCUT2D eigenvalue weighted by molar-refractivity contribution is 6.15. The minimum absolute atomic E-state index is 0.900. The van der Waals surface area contributed by atoms with Crippen molar-refractivity contribution in [3.05, 3.63) is 212 Å². The third-order valence-electron chi connectivity index (χ3n) is 11.3. The average Bonchev–Trinajstić information content (AvgIpc) is 3.65. The fraction of sp³-hybridized carbons (Fsp3) is 0. The molecule has 0 bridgehead atoms. The molecule has 2 nitrogen and oxygen atoms in total. The van der Waals surface area contributed by atoms with Crippen molar-refractivity contribution in [2.75, 3.05) is 4.90 Å². The second-order valence-corrected chi connectivity index (χ2v) is 14.5. The van der Waals surface area contributed by atoms with Gasteiger partial charge in [0.05, 0.1) is 5.69 Å². The maximum atomic E-state index is 6.26. The molecule has 0 atom stereocenters. The van der Waals surface area contributed by atoms with Crippen LogP contribution in [0.2, 0.25) is 0 Å². The first-order chi connectivity index (χ1) is 27.8. The molecule has 1 heterocycles. The molecule has 1 aromatic heterocycles. The molecule has 11 rings (SSSR count). The summed E-state index contributed by atoms with van der Waals surface area (Å²) in [6.07, 6.45) is 0. The first-order valence-corrected chi connectivity index (χ1v) is 19.2. The predicted molar refractivity (Wildman–Crippen MR) is 237 cm³/mol. The lowest BCUT2D eigenvalue weighted by Gasteiger charge is -2.28. The van der Waals surface area contributed by atoms with Gasteiger partial charge in [0, 0.05) is 27.7 Å². The predicted octanol–water partition coefficient (Wildman–Crippen LogP) is 15.5. The van der Waals surface area contributed by atoms with Crippen LogP contribution in [0.25, 0.3) is 87.6 Å². The van der Waals surface area contributed by atoms with E-state index in [9.17, 15) is 0 Å². The molecule has 10 aromatic carbocycles. The van der Waals surface area contributed by atoms with E-state index in [-0.39, 0.29) is 0 Å². The molecule has 2 heteroatoms. The minimum Gasteiger partial charge on any atom is -0.456 e. The Hall–Kier alpha value is -7.42. The lowest BCUT2D eigenvalue weighted by atomic mass is 9.92. The van der Waals surface area contributed by atoms with E-state index in [0.717, 1.165) is 50.1 Å². The van der Waals surface area contributed by atoms with Crippen molar-refractivity contribution in [2.45, 2.75) is 0 Å². The number of hydrogen-bond donors (Lipinski definition) is 0. The van der Waals surface area contributed by atoms with Gasteiger partial charge in [-0.1, -0.05) is 158 Å². The van der Waals surface area contributed by atoms with Crippen LogP contribution < -0.4 is 4.90 Å². The van der Waals surface area contributed by atoms with Crippen LogP contribution in [0.15, 0.2) is 217 Å². The van der Waals surface area contributed by atoms with Crippen LogP contribution in [-0.2, 0) is 0 Å². The maximum Gasteiger partial charge on any atom is 0.136 e. The van der Waals surface area contributed by atoms with Crippen molar-refractivity contribution < 1.29 is 4.42 Å². The molecular weight excluding hydrogens is 679 g/mol. The van der Waals surface area contributed by atoms with Crippen LogP contribution >= 0.6 is 0 Å². The van der Waals surface area contributed by atoms with Gasteiger partial charge in [-0.3, -0.25) is 0 Å². The Kier molecular flexibility index (Phi) is 7.53. The summed E-state index contributed by atoms with van der Waals surface area (Å²) in [6.45, 7) is 0. The Labute approximate surface area is 325 Å². The number of anilines is 3. The molecule has 0 fully saturated rings. The lowest BCUT2D eigenvalue weighted by Crippen LogP contribution is -2.11. The van der Waals surface area contributed by atoms with Gasteiger partial charge in [0.2, 0.25) is 0 Å². The molecule has 0 aliphatic carbocycles. The zero-order valence-corrected chi connectivity index (χ0v) is 30.6. The second-order valence-electron chi connectivity index (χ2n) is 14.5. The molecule has 56 heavy (non-hydrogen) atoms. The van der Waals surface area contributed by atoms with Gasteiger partial charge in [-0.15, -0.1) is 0 Å². The van der Waals surface area contributed by atoms with Crippen molar-refractivity contribution in [2.24, 2.45) is 0 Å². The normalized spacial score (nSPS) is 11.6. The third-order valence-corrected chi connectivity index (χ3v) is 11.3. The number of benzene rings is 10. The molecule has 0 radical (unpaired) electrons. The van der Waals surface area contributed by atoms with E-state index in [1.807, 2.05) is 12.1 Å². The van der Waals surface area contributed by atoms with Gasteiger partial charge in [-0.2, -0.15) is 0 Å². The largest absolute Gasteiger partial charge is 0.456 e. The van der Waals surface area contributed by atoms with Crippen molar-refractivity contribution in [1.82, 2.24) is 0 Å². The van der Waals surface area contributed by atoms with Gasteiger partial charge in [0.15, 0.2) is 0 Å². The van der Waals surface area contributed by atoms with Gasteiger partial charge in [-0.25, -0.2) is 0 Å². The first-order valence-electron chi connectivity index (χ1n) is 19.2. The van der Waals surface area contributed by atoms with E-state index in [2.05, 4.69) is 205 Å². The molecular formula is C54H35NO. The van der Waals surface area contributed by atoms with Gasteiger partial charge < -0.3 is 9.32 Å². The van der Waals surface area contributed by atoms with E-state index >= 15 is 0 Å². The molecule has 0 aliphatic rings. The van der Waals surface area contributed by atoms with E-state index < -0.39 is 0 Å². The minimum atomic E-state index is 0.900. The topological polar surface area (TPSA) is 16.4 Å². The quantitative estimate of drug-likeness (QED) is 0.160. The van der Waals surface area contributed by atoms with Crippen LogP contribution in [0.5, 0.6) is 0 Å². The molecule has 0 aliphatic heterocycles. The first kappa shape index (κ1) is 32.0. The Morgan fingerprint density at radius 3 is 1.64 bits per heavy atom. The highest BCUT2D eigenvalue weighted by Gasteiger charge is 2.20. The smallest absolute Gasteiger partial charge is 0.136 e. The molecule has 0 unspecified atom stereocenters. The Bertz CT molecular complexity index is 3240. The van der Waals surface area contributed by atoms with E-state index in [4.69, 9.17) is 4.42 Å². The summed E-state index contributed by atoms with van der Waals surface area (Å²) in [7, 11) is 0. The fourth-order valence-electron chi connectivity index (χ4n) is 8.58. The van der Waals surface area contributed by atoms with E-state index in [1.54, 1.807) is 0 Å². The van der Waals surface area contributed by atoms with Crippen LogP contribution in [0.1, 0.15) is 0 Å². The highest BCUT2D eigenvalue weighted by atomic mass is 16.3. The molecule has 0 saturated heterocycles. The zero-order chi connectivity index (χ0) is 37.0. The Morgan fingerprint density at radius 1 is 0.286 bits per heavy atom. The van der Waals surface area contributed by atoms with Crippen LogP contribution in [0, 0.1) is 0 Å². The van der Waals surface area contributed by atoms with E-state index in [0.29, 0.717) is 0 Å². The molecule has 0 N–H and O–H groups in total. The number of furan rings is 1. The summed E-state index contributed by atoms with van der Waals surface area (Å²) in [4.78, 5) is 2.40. The number of nitrogens with zero attached hydrogens (tertiary/aromatic N) is 1. The number of hydrogen-bond acceptors (Lipinski definition) is 2. The van der Waals surface area contributed by atoms with Crippen LogP contribution in [0.4, 0.5) is 17.1 Å². The maximum absolute atomic E-state index is 6.26. The summed E-state index contributed by atoms with van der Waals surface area (Å²) < 4.78 is 6.26. The number of para-hydroxylation sites is 2. The third kappa shape index (κ3) is 5.34. The van der Waals surface area contributed by atoms with Gasteiger partial charge in [0.25, 0.3) is 0 Å². The monoisotopic (exact) mass is 713 g/mol. The van der Waals surface area contributed by atoms with Gasteiger partial charge in [0.1, 0.15) is 11.2 Å². The van der Waals surface area contributed by atoms with Crippen molar-refractivity contribution in [1.29, 1.82) is 0 Å². The average molecular weight is 714 g/mol. The summed E-state index contributed by atoms with van der Waals surface area (Å²) in [5, 5.41) is 9.76. The molecule has 0 saturated carbocycles. The number of rotatable bonds is 6. The van der Waals surface area contributed by atoms with Gasteiger partial charge >= 0.3 is 0 Å². The number of fused-ring (bicyclic) bond motifs is 7. The highest BCUT2D eigenvalue weighted by Crippen LogP contribution is 2.45. The summed E-state index contributed by atoms with van der Waals surface area (Å²) in [5.41, 5.74) is 12.2. The Balaban J connectivity index is 1.07. The van der Waals surface area contributed by atoms with Crippen molar-refractivity contribution in [3.63, 3.8) is 0 Å². The lowest BCUT2D eigenvalue weighted by molar-refractivity contribution is 0.669. The SMILES string of the molecule is c1ccc(N(c2ccc(-c3ccc4c(c3)oc3ccccc34)cc2)c2ccc(-c3cccc4ccccc34)cc2)c(-c2cc3ccccc3c3ccccc23)c1. The summed E-state index contributed by atoms with van der Waals surface area (Å²) in [6, 6.07) is 76.6. The molecule has 262 valence electrons. The summed E-state index contributed by atoms with van der Waals surface area (Å²) >= 11 is 0. The Morgan fingerprint density at radius 2 is 0.839 bits per heavy atom. The van der Waals surface area contributed by atoms with E-state index in [1.165, 1.54) is 54.6 Å².